The summed E-state index contributed by atoms with van der Waals surface area (Å²) in [7, 11) is 1.82. The molecular weight excluding hydrogens is 331 g/mol. The third-order valence-electron chi connectivity index (χ3n) is 3.89. The zero-order chi connectivity index (χ0) is 16.8. The van der Waals surface area contributed by atoms with E-state index in [1.807, 2.05) is 37.4 Å². The molecule has 122 valence electrons. The van der Waals surface area contributed by atoms with Gasteiger partial charge in [0, 0.05) is 31.4 Å². The Morgan fingerprint density at radius 3 is 2.61 bits per heavy atom. The number of nitrogens with zero attached hydrogens (tertiary/aromatic N) is 2. The van der Waals surface area contributed by atoms with Gasteiger partial charge in [0.15, 0.2) is 0 Å². The minimum atomic E-state index is 0.0576. The lowest BCUT2D eigenvalue weighted by molar-refractivity contribution is -0.129. The van der Waals surface area contributed by atoms with Crippen LogP contribution in [0.15, 0.2) is 42.6 Å². The second-order valence-corrected chi connectivity index (χ2v) is 6.37. The molecule has 0 radical (unpaired) electrons. The molecule has 0 aliphatic heterocycles. The van der Waals surface area contributed by atoms with Crippen molar-refractivity contribution in [3.05, 3.63) is 63.9 Å². The van der Waals surface area contributed by atoms with Gasteiger partial charge < -0.3 is 4.90 Å². The number of carbonyl (C=O) groups excluding carboxylic acids is 1. The Hall–Kier alpha value is -1.58. The molecular formula is C18H20Cl2N2O. The standard InChI is InChI=1S/C18H20Cl2N2O/c1-3-13(14-7-8-16(19)17(20)10-14)12-22(2)18(23)11-15-6-4-5-9-21-15/h4-10,13H,3,11-12H2,1-2H3. The molecule has 1 unspecified atom stereocenters. The number of benzene rings is 1. The fourth-order valence-corrected chi connectivity index (χ4v) is 2.77. The molecule has 0 aliphatic rings. The molecule has 23 heavy (non-hydrogen) atoms. The Labute approximate surface area is 147 Å². The lowest BCUT2D eigenvalue weighted by Gasteiger charge is -2.24. The van der Waals surface area contributed by atoms with E-state index in [2.05, 4.69) is 11.9 Å². The summed E-state index contributed by atoms with van der Waals surface area (Å²) < 4.78 is 0. The van der Waals surface area contributed by atoms with Crippen LogP contribution in [0.5, 0.6) is 0 Å². The summed E-state index contributed by atoms with van der Waals surface area (Å²) in [6, 6.07) is 11.3. The van der Waals surface area contributed by atoms with Gasteiger partial charge in [0.25, 0.3) is 0 Å². The van der Waals surface area contributed by atoms with Gasteiger partial charge in [0.1, 0.15) is 0 Å². The van der Waals surface area contributed by atoms with Crippen molar-refractivity contribution in [1.82, 2.24) is 9.88 Å². The van der Waals surface area contributed by atoms with E-state index >= 15 is 0 Å². The molecule has 2 rings (SSSR count). The van der Waals surface area contributed by atoms with Crippen LogP contribution >= 0.6 is 23.2 Å². The third-order valence-corrected chi connectivity index (χ3v) is 4.63. The van der Waals surface area contributed by atoms with Crippen LogP contribution < -0.4 is 0 Å². The third kappa shape index (κ3) is 4.95. The second kappa shape index (κ2) is 8.32. The Morgan fingerprint density at radius 2 is 2.00 bits per heavy atom. The maximum absolute atomic E-state index is 12.4. The first kappa shape index (κ1) is 17.8. The van der Waals surface area contributed by atoms with E-state index in [9.17, 15) is 4.79 Å². The van der Waals surface area contributed by atoms with Crippen LogP contribution in [-0.4, -0.2) is 29.4 Å². The molecule has 0 saturated carbocycles. The summed E-state index contributed by atoms with van der Waals surface area (Å²) in [5.41, 5.74) is 1.88. The molecule has 1 aromatic carbocycles. The van der Waals surface area contributed by atoms with Crippen molar-refractivity contribution in [2.45, 2.75) is 25.7 Å². The van der Waals surface area contributed by atoms with Crippen molar-refractivity contribution in [3.63, 3.8) is 0 Å². The SMILES string of the molecule is CCC(CN(C)C(=O)Cc1ccccn1)c1ccc(Cl)c(Cl)c1. The number of hydrogen-bond acceptors (Lipinski definition) is 2. The van der Waals surface area contributed by atoms with Gasteiger partial charge in [-0.2, -0.15) is 0 Å². The minimum Gasteiger partial charge on any atom is -0.345 e. The van der Waals surface area contributed by atoms with Crippen molar-refractivity contribution >= 4 is 29.1 Å². The molecule has 0 saturated heterocycles. The highest BCUT2D eigenvalue weighted by Crippen LogP contribution is 2.28. The van der Waals surface area contributed by atoms with Crippen molar-refractivity contribution in [2.75, 3.05) is 13.6 Å². The number of halogens is 2. The van der Waals surface area contributed by atoms with E-state index in [0.717, 1.165) is 17.7 Å². The molecule has 3 nitrogen and oxygen atoms in total. The number of rotatable bonds is 6. The molecule has 1 heterocycles. The van der Waals surface area contributed by atoms with Gasteiger partial charge in [-0.15, -0.1) is 0 Å². The van der Waals surface area contributed by atoms with E-state index < -0.39 is 0 Å². The van der Waals surface area contributed by atoms with Gasteiger partial charge in [0.05, 0.1) is 16.5 Å². The van der Waals surface area contributed by atoms with E-state index in [0.29, 0.717) is 23.0 Å². The fourth-order valence-electron chi connectivity index (χ4n) is 2.46. The van der Waals surface area contributed by atoms with Crippen LogP contribution in [0.1, 0.15) is 30.5 Å². The average Bonchev–Trinajstić information content (AvgIpc) is 2.56. The average molecular weight is 351 g/mol. The maximum atomic E-state index is 12.4. The summed E-state index contributed by atoms with van der Waals surface area (Å²) in [6.45, 7) is 2.74. The molecule has 0 bridgehead atoms. The molecule has 5 heteroatoms. The molecule has 0 spiro atoms. The Balaban J connectivity index is 2.02. The summed E-state index contributed by atoms with van der Waals surface area (Å²) in [5.74, 6) is 0.282. The number of amides is 1. The number of aromatic nitrogens is 1. The second-order valence-electron chi connectivity index (χ2n) is 5.55. The van der Waals surface area contributed by atoms with Crippen LogP contribution in [0.2, 0.25) is 10.0 Å². The Bertz CT molecular complexity index is 661. The van der Waals surface area contributed by atoms with Crippen LogP contribution in [0.4, 0.5) is 0 Å². The van der Waals surface area contributed by atoms with Crippen molar-refractivity contribution in [2.24, 2.45) is 0 Å². The molecule has 1 aromatic heterocycles. The normalized spacial score (nSPS) is 12.0. The highest BCUT2D eigenvalue weighted by molar-refractivity contribution is 6.42. The van der Waals surface area contributed by atoms with Crippen LogP contribution in [-0.2, 0) is 11.2 Å². The topological polar surface area (TPSA) is 33.2 Å². The van der Waals surface area contributed by atoms with Gasteiger partial charge in [-0.3, -0.25) is 9.78 Å². The van der Waals surface area contributed by atoms with E-state index in [-0.39, 0.29) is 11.8 Å². The van der Waals surface area contributed by atoms with Gasteiger partial charge in [0.2, 0.25) is 5.91 Å². The highest BCUT2D eigenvalue weighted by Gasteiger charge is 2.17. The number of likely N-dealkylation sites (N-methyl/N-ethyl adjacent to an activating group) is 1. The lowest BCUT2D eigenvalue weighted by atomic mass is 9.96. The summed E-state index contributed by atoms with van der Waals surface area (Å²) >= 11 is 12.1. The van der Waals surface area contributed by atoms with Crippen LogP contribution in [0.3, 0.4) is 0 Å². The molecule has 0 aliphatic carbocycles. The summed E-state index contributed by atoms with van der Waals surface area (Å²) in [6.07, 6.45) is 2.93. The van der Waals surface area contributed by atoms with E-state index in [1.165, 1.54) is 0 Å². The Morgan fingerprint density at radius 1 is 1.22 bits per heavy atom. The first-order chi connectivity index (χ1) is 11.0. The van der Waals surface area contributed by atoms with Gasteiger partial charge in [-0.1, -0.05) is 42.3 Å². The van der Waals surface area contributed by atoms with Crippen molar-refractivity contribution in [1.29, 1.82) is 0 Å². The molecule has 0 fully saturated rings. The van der Waals surface area contributed by atoms with Crippen LogP contribution in [0.25, 0.3) is 0 Å². The first-order valence-corrected chi connectivity index (χ1v) is 8.35. The van der Waals surface area contributed by atoms with Crippen molar-refractivity contribution < 1.29 is 4.79 Å². The predicted molar refractivity (Wildman–Crippen MR) is 95.1 cm³/mol. The van der Waals surface area contributed by atoms with Gasteiger partial charge in [-0.25, -0.2) is 0 Å². The first-order valence-electron chi connectivity index (χ1n) is 7.60. The largest absolute Gasteiger partial charge is 0.345 e. The van der Waals surface area contributed by atoms with Crippen LogP contribution in [0, 0.1) is 0 Å². The summed E-state index contributed by atoms with van der Waals surface area (Å²) in [5, 5.41) is 1.09. The molecule has 1 atom stereocenters. The minimum absolute atomic E-state index is 0.0576. The lowest BCUT2D eigenvalue weighted by Crippen LogP contribution is -2.32. The van der Waals surface area contributed by atoms with E-state index in [1.54, 1.807) is 17.2 Å². The molecule has 2 aromatic rings. The molecule has 0 N–H and O–H groups in total. The van der Waals surface area contributed by atoms with E-state index in [4.69, 9.17) is 23.2 Å². The maximum Gasteiger partial charge on any atom is 0.228 e. The zero-order valence-electron chi connectivity index (χ0n) is 13.3. The smallest absolute Gasteiger partial charge is 0.228 e. The molecule has 1 amide bonds. The highest BCUT2D eigenvalue weighted by atomic mass is 35.5. The fraction of sp³-hybridized carbons (Fsp3) is 0.333. The van der Waals surface area contributed by atoms with Crippen molar-refractivity contribution in [3.8, 4) is 0 Å². The monoisotopic (exact) mass is 350 g/mol. The number of pyridine rings is 1. The number of carbonyl (C=O) groups is 1. The summed E-state index contributed by atoms with van der Waals surface area (Å²) in [4.78, 5) is 18.3. The Kier molecular flexibility index (Phi) is 6.43. The number of hydrogen-bond donors (Lipinski definition) is 0. The quantitative estimate of drug-likeness (QED) is 0.763. The zero-order valence-corrected chi connectivity index (χ0v) is 14.8. The van der Waals surface area contributed by atoms with Gasteiger partial charge >= 0.3 is 0 Å². The van der Waals surface area contributed by atoms with Gasteiger partial charge in [-0.05, 0) is 36.2 Å². The predicted octanol–water partition coefficient (Wildman–Crippen LogP) is 4.58.